The second-order valence-corrected chi connectivity index (χ2v) is 37.6. The molecule has 12 atom stereocenters. The first kappa shape index (κ1) is 84.2. The Morgan fingerprint density at radius 1 is 0.357 bits per heavy atom. The summed E-state index contributed by atoms with van der Waals surface area (Å²) in [5.74, 6) is 15.4. The molecule has 0 heterocycles. The van der Waals surface area contributed by atoms with Gasteiger partial charge in [0.15, 0.2) is 0 Å². The van der Waals surface area contributed by atoms with E-state index in [2.05, 4.69) is 88.6 Å². The molecule has 17 rings (SSSR count). The highest BCUT2D eigenvalue weighted by Gasteiger charge is 2.56. The van der Waals surface area contributed by atoms with Crippen LogP contribution in [0, 0.1) is 111 Å². The largest absolute Gasteiger partial charge is 0.465 e. The zero-order chi connectivity index (χ0) is 79.9. The van der Waals surface area contributed by atoms with Crippen molar-refractivity contribution in [1.29, 1.82) is 0 Å². The lowest BCUT2D eigenvalue weighted by molar-refractivity contribution is -0.210. The number of esters is 4. The number of ether oxygens (including phenoxy) is 12. The van der Waals surface area contributed by atoms with Gasteiger partial charge in [0.05, 0.1) is 25.4 Å². The molecule has 13 fully saturated rings. The molecule has 610 valence electrons. The summed E-state index contributed by atoms with van der Waals surface area (Å²) in [5.41, 5.74) is 2.18. The van der Waals surface area contributed by atoms with Crippen molar-refractivity contribution in [2.45, 2.75) is 256 Å². The van der Waals surface area contributed by atoms with Gasteiger partial charge in [-0.2, -0.15) is 0 Å². The summed E-state index contributed by atoms with van der Waals surface area (Å²) in [5, 5.41) is 0. The Morgan fingerprint density at radius 2 is 0.705 bits per heavy atom. The fourth-order valence-electron chi connectivity index (χ4n) is 21.5. The lowest BCUT2D eigenvalue weighted by atomic mass is 9.50. The zero-order valence-electron chi connectivity index (χ0n) is 69.4. The van der Waals surface area contributed by atoms with Gasteiger partial charge in [-0.15, -0.1) is 0 Å². The highest BCUT2D eigenvalue weighted by molar-refractivity contribution is 5.90. The maximum absolute atomic E-state index is 11.6. The van der Waals surface area contributed by atoms with Gasteiger partial charge in [-0.05, 0) is 328 Å². The standard InChI is InChI=1S/C25H34O4.2C24H32O4.C23H32O4/c1-16(2)23(26)28-21-5-7-22(8-6-21)29-24(17(3)4)27-15-25-12-18-9-19(13-25)11-20(10-18)14-25;1-14(2)23(25)26-20-5-7-21(8-6-20)27-24(15(3)4)28-22-18-10-16-9-17(12-18)13-19(22)11-16;1-14(2)23(25)26-17-8-10-18(11-9-17)27-24(15(3)4)28-22-13-16-12-21(22)20-7-5-6-19(16)20;1-15(2)21(24)26-19-8-10-20(11-9-19)27-22(16(3)4)25-14-23(5)13-17-6-7-18(23)12-17/h5-8,17-20,24H,1,9-15H2,2-4H3;5-8,15-19,22,24H,1,9-13H2,2-4H3;8-11,15-16,19-22,24H,1,5-7,12-13H2,2-4H3;8-11,16-18,22H,1,6-7,12-14H2,2-5H3. The van der Waals surface area contributed by atoms with Gasteiger partial charge in [0.25, 0.3) is 0 Å². The molecule has 0 saturated heterocycles. The van der Waals surface area contributed by atoms with Gasteiger partial charge in [0.1, 0.15) is 46.0 Å². The average molecular weight is 1540 g/mol. The van der Waals surface area contributed by atoms with E-state index < -0.39 is 23.9 Å². The molecule has 0 radical (unpaired) electrons. The molecular formula is C96H130O16. The summed E-state index contributed by atoms with van der Waals surface area (Å²) in [6.07, 6.45) is 27.0. The van der Waals surface area contributed by atoms with E-state index in [1.807, 2.05) is 36.4 Å². The first-order valence-corrected chi connectivity index (χ1v) is 42.5. The fourth-order valence-corrected chi connectivity index (χ4v) is 21.5. The number of carbonyl (C=O) groups excluding carboxylic acids is 4. The highest BCUT2D eigenvalue weighted by Crippen LogP contribution is 2.62. The van der Waals surface area contributed by atoms with Crippen molar-refractivity contribution in [3.8, 4) is 46.0 Å². The minimum atomic E-state index is -0.425. The van der Waals surface area contributed by atoms with Crippen LogP contribution in [0.25, 0.3) is 0 Å². The molecule has 0 N–H and O–H groups in total. The summed E-state index contributed by atoms with van der Waals surface area (Å²) < 4.78 is 71.4. The number of hydrogen-bond acceptors (Lipinski definition) is 16. The molecule has 4 aromatic rings. The third kappa shape index (κ3) is 21.6. The molecule has 13 saturated carbocycles. The number of rotatable bonds is 30. The van der Waals surface area contributed by atoms with E-state index in [4.69, 9.17) is 56.8 Å². The van der Waals surface area contributed by atoms with Crippen molar-refractivity contribution < 1.29 is 76.0 Å². The Bertz CT molecular complexity index is 3810. The van der Waals surface area contributed by atoms with E-state index in [1.165, 1.54) is 128 Å². The maximum atomic E-state index is 11.6. The first-order valence-electron chi connectivity index (χ1n) is 42.5. The minimum Gasteiger partial charge on any atom is -0.465 e. The molecule has 0 aliphatic heterocycles. The third-order valence-electron chi connectivity index (χ3n) is 26.4. The zero-order valence-corrected chi connectivity index (χ0v) is 69.4. The Labute approximate surface area is 668 Å². The number of carbonyl (C=O) groups is 4. The second kappa shape index (κ2) is 37.1. The number of hydrogen-bond donors (Lipinski definition) is 0. The lowest BCUT2D eigenvalue weighted by Crippen LogP contribution is -2.51. The van der Waals surface area contributed by atoms with E-state index in [1.54, 1.807) is 88.4 Å². The molecule has 16 nitrogen and oxygen atoms in total. The van der Waals surface area contributed by atoms with Crippen molar-refractivity contribution in [3.05, 3.63) is 146 Å². The van der Waals surface area contributed by atoms with Gasteiger partial charge in [0.2, 0.25) is 25.2 Å². The SMILES string of the molecule is C=C(C)C(=O)Oc1ccc(OC(OC2C3CC4CC(C3)CC2C4)C(C)C)cc1.C=C(C)C(=O)Oc1ccc(OC(OC2CC3CC2C2CCCC32)C(C)C)cc1.C=C(C)C(=O)Oc1ccc(OC(OCC2(C)CC3CCC2C3)C(C)C)cc1.C=C(C)C(=O)Oc1ccc(OC(OCC23CC4CC(CC(C4)C2)C3)C(C)C)cc1. The van der Waals surface area contributed by atoms with Crippen LogP contribution in [0.1, 0.15) is 218 Å². The molecule has 16 heteroatoms. The minimum absolute atomic E-state index is 0.244. The van der Waals surface area contributed by atoms with Crippen molar-refractivity contribution in [1.82, 2.24) is 0 Å². The first-order chi connectivity index (χ1) is 53.4. The Balaban J connectivity index is 0.000000139. The highest BCUT2D eigenvalue weighted by atomic mass is 16.7. The average Bonchev–Trinajstić information content (AvgIpc) is 1.63. The lowest BCUT2D eigenvalue weighted by Gasteiger charge is -2.56. The topological polar surface area (TPSA) is 179 Å². The summed E-state index contributed by atoms with van der Waals surface area (Å²) in [4.78, 5) is 46.5. The molecule has 13 aliphatic carbocycles. The maximum Gasteiger partial charge on any atom is 0.338 e. The van der Waals surface area contributed by atoms with Gasteiger partial charge in [-0.25, -0.2) is 19.2 Å². The van der Waals surface area contributed by atoms with Crippen molar-refractivity contribution in [3.63, 3.8) is 0 Å². The summed E-state index contributed by atoms with van der Waals surface area (Å²) >= 11 is 0. The molecule has 12 bridgehead atoms. The van der Waals surface area contributed by atoms with Crippen molar-refractivity contribution in [2.24, 2.45) is 111 Å². The smallest absolute Gasteiger partial charge is 0.338 e. The third-order valence-corrected chi connectivity index (χ3v) is 26.4. The summed E-state index contributed by atoms with van der Waals surface area (Å²) in [7, 11) is 0. The normalized spacial score (nSPS) is 30.5. The van der Waals surface area contributed by atoms with E-state index in [0.29, 0.717) is 85.9 Å². The Kier molecular flexibility index (Phi) is 27.9. The predicted octanol–water partition coefficient (Wildman–Crippen LogP) is 21.9. The van der Waals surface area contributed by atoms with Gasteiger partial charge in [0, 0.05) is 46.0 Å². The molecule has 13 aliphatic rings. The molecular weight excluding hydrogens is 1410 g/mol. The number of benzene rings is 4. The van der Waals surface area contributed by atoms with Crippen LogP contribution in [-0.4, -0.2) is 74.5 Å². The van der Waals surface area contributed by atoms with Crippen molar-refractivity contribution >= 4 is 23.9 Å². The fraction of sp³-hybridized carbons (Fsp3) is 0.625. The van der Waals surface area contributed by atoms with Crippen LogP contribution in [0.3, 0.4) is 0 Å². The second-order valence-electron chi connectivity index (χ2n) is 37.6. The van der Waals surface area contributed by atoms with E-state index in [9.17, 15) is 19.2 Å². The van der Waals surface area contributed by atoms with Crippen LogP contribution in [0.5, 0.6) is 46.0 Å². The number of fused-ring (bicyclic) bond motifs is 7. The summed E-state index contributed by atoms with van der Waals surface area (Å²) in [6, 6.07) is 28.5. The van der Waals surface area contributed by atoms with Gasteiger partial charge in [-0.3, -0.25) is 0 Å². The van der Waals surface area contributed by atoms with Gasteiger partial charge in [-0.1, -0.05) is 101 Å². The quantitative estimate of drug-likeness (QED) is 0.0208. The van der Waals surface area contributed by atoms with E-state index >= 15 is 0 Å². The van der Waals surface area contributed by atoms with Crippen LogP contribution < -0.4 is 37.9 Å². The predicted molar refractivity (Wildman–Crippen MR) is 434 cm³/mol. The Hall–Kier alpha value is -7.24. The van der Waals surface area contributed by atoms with Crippen LogP contribution in [0.15, 0.2) is 146 Å². The van der Waals surface area contributed by atoms with Crippen LogP contribution in [0.4, 0.5) is 0 Å². The van der Waals surface area contributed by atoms with E-state index in [-0.39, 0.29) is 48.8 Å². The molecule has 4 aromatic carbocycles. The van der Waals surface area contributed by atoms with Crippen molar-refractivity contribution in [2.75, 3.05) is 13.2 Å². The molecule has 0 spiro atoms. The van der Waals surface area contributed by atoms with Crippen LogP contribution in [-0.2, 0) is 38.1 Å². The van der Waals surface area contributed by atoms with E-state index in [0.717, 1.165) is 95.6 Å². The summed E-state index contributed by atoms with van der Waals surface area (Å²) in [6.45, 7) is 41.9. The molecule has 0 amide bonds. The Morgan fingerprint density at radius 3 is 1.06 bits per heavy atom. The molecule has 0 aromatic heterocycles. The van der Waals surface area contributed by atoms with Crippen LogP contribution in [0.2, 0.25) is 0 Å². The molecule has 112 heavy (non-hydrogen) atoms. The van der Waals surface area contributed by atoms with Gasteiger partial charge < -0.3 is 56.8 Å². The van der Waals surface area contributed by atoms with Gasteiger partial charge >= 0.3 is 23.9 Å². The van der Waals surface area contributed by atoms with Crippen LogP contribution >= 0.6 is 0 Å². The molecule has 12 unspecified atom stereocenters. The monoisotopic (exact) mass is 1540 g/mol.